The molecule has 0 aliphatic heterocycles. The molecule has 0 bridgehead atoms. The quantitative estimate of drug-likeness (QED) is 0.564. The maximum Gasteiger partial charge on any atom is 0.226 e. The van der Waals surface area contributed by atoms with Crippen LogP contribution in [0.15, 0.2) is 73.4 Å². The van der Waals surface area contributed by atoms with E-state index in [0.717, 1.165) is 22.3 Å². The first-order valence-corrected chi connectivity index (χ1v) is 8.77. The normalized spacial score (nSPS) is 12.9. The number of halogens is 1. The molecule has 2 aromatic rings. The highest BCUT2D eigenvalue weighted by Gasteiger charge is 2.10. The van der Waals surface area contributed by atoms with Crippen molar-refractivity contribution in [1.29, 1.82) is 0 Å². The summed E-state index contributed by atoms with van der Waals surface area (Å²) in [6, 6.07) is 8.06. The van der Waals surface area contributed by atoms with Gasteiger partial charge in [-0.3, -0.25) is 0 Å². The van der Waals surface area contributed by atoms with Crippen molar-refractivity contribution in [3.63, 3.8) is 0 Å². The predicted octanol–water partition coefficient (Wildman–Crippen LogP) is 6.32. The third kappa shape index (κ3) is 4.87. The third-order valence-electron chi connectivity index (χ3n) is 3.67. The largest absolute Gasteiger partial charge is 0.226 e. The number of benzene rings is 1. The van der Waals surface area contributed by atoms with E-state index in [4.69, 9.17) is 11.6 Å². The Morgan fingerprint density at radius 1 is 1.04 bits per heavy atom. The highest BCUT2D eigenvalue weighted by molar-refractivity contribution is 6.28. The van der Waals surface area contributed by atoms with Crippen molar-refractivity contribution in [1.82, 2.24) is 15.0 Å². The van der Waals surface area contributed by atoms with E-state index in [9.17, 15) is 0 Å². The zero-order valence-corrected chi connectivity index (χ0v) is 16.0. The Balaban J connectivity index is 2.55. The molecule has 1 heterocycles. The average molecular weight is 364 g/mol. The Kier molecular flexibility index (Phi) is 7.24. The van der Waals surface area contributed by atoms with Gasteiger partial charge in [-0.1, -0.05) is 67.3 Å². The van der Waals surface area contributed by atoms with Crippen LogP contribution in [0.3, 0.4) is 0 Å². The summed E-state index contributed by atoms with van der Waals surface area (Å²) in [6.07, 6.45) is 13.6. The average Bonchev–Trinajstić information content (AvgIpc) is 2.66. The molecule has 3 nitrogen and oxygen atoms in total. The van der Waals surface area contributed by atoms with Crippen LogP contribution < -0.4 is 0 Å². The van der Waals surface area contributed by atoms with Gasteiger partial charge in [0, 0.05) is 11.1 Å². The molecule has 1 aromatic carbocycles. The maximum absolute atomic E-state index is 6.15. The molecule has 0 aliphatic carbocycles. The van der Waals surface area contributed by atoms with Crippen molar-refractivity contribution < 1.29 is 0 Å². The van der Waals surface area contributed by atoms with E-state index < -0.39 is 0 Å². The Morgan fingerprint density at radius 3 is 2.50 bits per heavy atom. The van der Waals surface area contributed by atoms with Gasteiger partial charge in [-0.15, -0.1) is 0 Å². The van der Waals surface area contributed by atoms with Crippen LogP contribution in [0.5, 0.6) is 0 Å². The van der Waals surface area contributed by atoms with Crippen molar-refractivity contribution in [2.75, 3.05) is 0 Å². The number of allylic oxidation sites excluding steroid dienone is 9. The lowest BCUT2D eigenvalue weighted by atomic mass is 10.0. The molecule has 132 valence electrons. The minimum atomic E-state index is 0.156. The van der Waals surface area contributed by atoms with Gasteiger partial charge in [0.1, 0.15) is 0 Å². The predicted molar refractivity (Wildman–Crippen MR) is 112 cm³/mol. The Morgan fingerprint density at radius 2 is 1.85 bits per heavy atom. The van der Waals surface area contributed by atoms with E-state index in [-0.39, 0.29) is 5.28 Å². The molecule has 0 saturated carbocycles. The number of aromatic nitrogens is 3. The lowest BCUT2D eigenvalue weighted by Crippen LogP contribution is -2.00. The number of hydrogen-bond donors (Lipinski definition) is 0. The fourth-order valence-electron chi connectivity index (χ4n) is 2.42. The summed E-state index contributed by atoms with van der Waals surface area (Å²) in [4.78, 5) is 13.1. The second-order valence-corrected chi connectivity index (χ2v) is 5.77. The van der Waals surface area contributed by atoms with E-state index in [1.165, 1.54) is 0 Å². The van der Waals surface area contributed by atoms with Gasteiger partial charge < -0.3 is 0 Å². The fraction of sp³-hybridized carbons (Fsp3) is 0.136. The van der Waals surface area contributed by atoms with Gasteiger partial charge in [0.25, 0.3) is 0 Å². The van der Waals surface area contributed by atoms with E-state index in [2.05, 4.69) is 39.7 Å². The first kappa shape index (κ1) is 19.5. The van der Waals surface area contributed by atoms with E-state index in [1.807, 2.05) is 63.3 Å². The molecule has 0 unspecified atom stereocenters. The number of nitrogens with zero attached hydrogens (tertiary/aromatic N) is 3. The van der Waals surface area contributed by atoms with Crippen molar-refractivity contribution >= 4 is 22.7 Å². The van der Waals surface area contributed by atoms with Gasteiger partial charge in [0.15, 0.2) is 11.6 Å². The number of rotatable bonds is 6. The smallest absolute Gasteiger partial charge is 0.208 e. The zero-order valence-electron chi connectivity index (χ0n) is 15.3. The minimum absolute atomic E-state index is 0.156. The molecule has 0 fully saturated rings. The lowest BCUT2D eigenvalue weighted by molar-refractivity contribution is 1.03. The Hall–Kier alpha value is -2.78. The van der Waals surface area contributed by atoms with Crippen LogP contribution in [-0.4, -0.2) is 15.0 Å². The molecular weight excluding hydrogens is 342 g/mol. The zero-order chi connectivity index (χ0) is 18.9. The second kappa shape index (κ2) is 9.64. The van der Waals surface area contributed by atoms with Gasteiger partial charge in [-0.25, -0.2) is 4.98 Å². The van der Waals surface area contributed by atoms with Crippen LogP contribution in [0.25, 0.3) is 22.5 Å². The minimum Gasteiger partial charge on any atom is -0.208 e. The molecule has 4 heteroatoms. The van der Waals surface area contributed by atoms with Crippen molar-refractivity contribution in [3.8, 4) is 11.4 Å². The Bertz CT molecular complexity index is 905. The van der Waals surface area contributed by atoms with Gasteiger partial charge >= 0.3 is 0 Å². The molecule has 26 heavy (non-hydrogen) atoms. The summed E-state index contributed by atoms with van der Waals surface area (Å²) in [7, 11) is 0. The van der Waals surface area contributed by atoms with E-state index in [1.54, 1.807) is 6.08 Å². The molecule has 0 amide bonds. The van der Waals surface area contributed by atoms with E-state index >= 15 is 0 Å². The standard InChI is InChI=1S/C22H22ClN3/c1-5-9-12-17(8-4)20-24-21(26-22(23)25-20)19-14-10-13-18(15-19)16(7-3)11-6-2/h5-15H,4H2,1-3H3/b9-5-,11-6-,16-7+,17-12+. The summed E-state index contributed by atoms with van der Waals surface area (Å²) in [5.74, 6) is 1.03. The van der Waals surface area contributed by atoms with Crippen LogP contribution in [0.4, 0.5) is 0 Å². The molecule has 0 saturated heterocycles. The first-order chi connectivity index (χ1) is 12.6. The molecular formula is C22H22ClN3. The highest BCUT2D eigenvalue weighted by atomic mass is 35.5. The SMILES string of the molecule is C=C/C(=C\C=C/C)c1nc(Cl)nc(-c2cccc(C(/C=C\C)=C/C)c2)n1. The molecule has 2 rings (SSSR count). The molecule has 0 radical (unpaired) electrons. The molecule has 0 spiro atoms. The van der Waals surface area contributed by atoms with Gasteiger partial charge in [-0.2, -0.15) is 9.97 Å². The van der Waals surface area contributed by atoms with Crippen LogP contribution in [0, 0.1) is 0 Å². The molecule has 0 N–H and O–H groups in total. The van der Waals surface area contributed by atoms with E-state index in [0.29, 0.717) is 11.6 Å². The summed E-state index contributed by atoms with van der Waals surface area (Å²) in [5, 5.41) is 0.156. The van der Waals surface area contributed by atoms with Crippen LogP contribution in [-0.2, 0) is 0 Å². The first-order valence-electron chi connectivity index (χ1n) is 8.40. The summed E-state index contributed by atoms with van der Waals surface area (Å²) >= 11 is 6.15. The summed E-state index contributed by atoms with van der Waals surface area (Å²) in [6.45, 7) is 9.79. The van der Waals surface area contributed by atoms with Crippen molar-refractivity contribution in [2.45, 2.75) is 20.8 Å². The van der Waals surface area contributed by atoms with Crippen LogP contribution in [0.1, 0.15) is 32.2 Å². The monoisotopic (exact) mass is 363 g/mol. The van der Waals surface area contributed by atoms with Crippen LogP contribution >= 0.6 is 11.6 Å². The molecule has 1 aromatic heterocycles. The fourth-order valence-corrected chi connectivity index (χ4v) is 2.58. The highest BCUT2D eigenvalue weighted by Crippen LogP contribution is 2.24. The van der Waals surface area contributed by atoms with Crippen molar-refractivity contribution in [3.05, 3.63) is 90.0 Å². The lowest BCUT2D eigenvalue weighted by Gasteiger charge is -2.08. The van der Waals surface area contributed by atoms with Gasteiger partial charge in [0.05, 0.1) is 0 Å². The maximum atomic E-state index is 6.15. The van der Waals surface area contributed by atoms with Gasteiger partial charge in [-0.05, 0) is 49.6 Å². The topological polar surface area (TPSA) is 38.7 Å². The third-order valence-corrected chi connectivity index (χ3v) is 3.83. The van der Waals surface area contributed by atoms with Crippen LogP contribution in [0.2, 0.25) is 5.28 Å². The molecule has 0 aliphatic rings. The number of hydrogen-bond acceptors (Lipinski definition) is 3. The molecule has 0 atom stereocenters. The Labute approximate surface area is 160 Å². The van der Waals surface area contributed by atoms with Gasteiger partial charge in [0.2, 0.25) is 5.28 Å². The summed E-state index contributed by atoms with van der Waals surface area (Å²) in [5.41, 5.74) is 3.89. The van der Waals surface area contributed by atoms with Crippen molar-refractivity contribution in [2.24, 2.45) is 0 Å². The summed E-state index contributed by atoms with van der Waals surface area (Å²) < 4.78 is 0. The second-order valence-electron chi connectivity index (χ2n) is 5.43.